The Bertz CT molecular complexity index is 1340. The zero-order chi connectivity index (χ0) is 44.4. The lowest BCUT2D eigenvalue weighted by Crippen LogP contribution is -2.30. The Kier molecular flexibility index (Phi) is 45.1. The summed E-state index contributed by atoms with van der Waals surface area (Å²) >= 11 is 0. The highest BCUT2D eigenvalue weighted by Crippen LogP contribution is 2.13. The summed E-state index contributed by atoms with van der Waals surface area (Å²) in [5.74, 6) is -1.03. The number of rotatable bonds is 41. The van der Waals surface area contributed by atoms with Crippen molar-refractivity contribution >= 4 is 17.9 Å². The van der Waals surface area contributed by atoms with Crippen LogP contribution in [0.1, 0.15) is 188 Å². The molecule has 0 aliphatic carbocycles. The van der Waals surface area contributed by atoms with Gasteiger partial charge in [-0.1, -0.05) is 213 Å². The van der Waals surface area contributed by atoms with Crippen LogP contribution in [0, 0.1) is 0 Å². The molecule has 6 nitrogen and oxygen atoms in total. The molecule has 0 amide bonds. The molecular formula is C55H86O6. The van der Waals surface area contributed by atoms with E-state index in [4.69, 9.17) is 14.2 Å². The fourth-order valence-corrected chi connectivity index (χ4v) is 6.06. The number of unbranched alkanes of at least 4 members (excludes halogenated alkanes) is 17. The van der Waals surface area contributed by atoms with Gasteiger partial charge in [0.05, 0.1) is 0 Å². The quantitative estimate of drug-likeness (QED) is 0.0201. The predicted molar refractivity (Wildman–Crippen MR) is 260 cm³/mol. The third-order valence-electron chi connectivity index (χ3n) is 9.65. The molecule has 0 heterocycles. The lowest BCUT2D eigenvalue weighted by atomic mass is 10.1. The van der Waals surface area contributed by atoms with E-state index >= 15 is 0 Å². The van der Waals surface area contributed by atoms with Crippen LogP contribution in [-0.2, 0) is 28.6 Å². The summed E-state index contributed by atoms with van der Waals surface area (Å²) in [6.45, 7) is 6.23. The van der Waals surface area contributed by atoms with Gasteiger partial charge >= 0.3 is 17.9 Å². The molecule has 0 aliphatic rings. The molecule has 342 valence electrons. The van der Waals surface area contributed by atoms with E-state index in [0.29, 0.717) is 19.3 Å². The van der Waals surface area contributed by atoms with Gasteiger partial charge in [0.2, 0.25) is 0 Å². The van der Waals surface area contributed by atoms with Crippen LogP contribution in [0.4, 0.5) is 0 Å². The lowest BCUT2D eigenvalue weighted by Gasteiger charge is -2.18. The molecule has 0 aromatic rings. The molecule has 0 aliphatic heterocycles. The molecule has 0 bridgehead atoms. The highest BCUT2D eigenvalue weighted by molar-refractivity contribution is 5.71. The van der Waals surface area contributed by atoms with Gasteiger partial charge in [0.25, 0.3) is 0 Å². The van der Waals surface area contributed by atoms with Crippen molar-refractivity contribution < 1.29 is 28.6 Å². The topological polar surface area (TPSA) is 78.9 Å². The first kappa shape index (κ1) is 56.8. The maximum Gasteiger partial charge on any atom is 0.306 e. The summed E-state index contributed by atoms with van der Waals surface area (Å²) in [5.41, 5.74) is 0. The Hall–Kier alpha value is -4.19. The summed E-state index contributed by atoms with van der Waals surface area (Å²) in [5, 5.41) is 0. The molecule has 1 unspecified atom stereocenters. The van der Waals surface area contributed by atoms with E-state index < -0.39 is 6.10 Å². The first-order chi connectivity index (χ1) is 30.0. The average molecular weight is 843 g/mol. The van der Waals surface area contributed by atoms with Gasteiger partial charge in [0.1, 0.15) is 13.2 Å². The first-order valence-corrected chi connectivity index (χ1v) is 24.2. The van der Waals surface area contributed by atoms with Gasteiger partial charge in [-0.2, -0.15) is 0 Å². The molecular weight excluding hydrogens is 757 g/mol. The van der Waals surface area contributed by atoms with Gasteiger partial charge in [0, 0.05) is 19.3 Å². The zero-order valence-electron chi connectivity index (χ0n) is 38.9. The number of allylic oxidation sites excluding steroid dienone is 20. The summed E-state index contributed by atoms with van der Waals surface area (Å²) < 4.78 is 16.7. The highest BCUT2D eigenvalue weighted by Gasteiger charge is 2.19. The van der Waals surface area contributed by atoms with Crippen molar-refractivity contribution in [1.82, 2.24) is 0 Å². The highest BCUT2D eigenvalue weighted by atomic mass is 16.6. The van der Waals surface area contributed by atoms with Gasteiger partial charge in [-0.15, -0.1) is 0 Å². The standard InChI is InChI=1S/C55H86O6/c1-4-7-10-13-16-19-22-25-27-30-33-36-39-42-45-48-54(57)60-51-52(50-59-53(56)47-44-41-38-35-32-29-24-21-18-15-12-9-6-3)61-55(58)49-46-43-40-37-34-31-28-26-23-20-17-14-11-8-5-2/h7,9-10,12-13,15-16,18-25,27,29,32,35,38,52H,4-6,8,11,14,17,26,28,30-31,33-34,36-37,39-51H2,1-3H3/b10-7+,12-9+,16-13+,18-15+,22-19+,23-20+,24-21+,27-25+,32-29+,38-35+. The molecule has 0 N–H and O–H groups in total. The second kappa shape index (κ2) is 48.5. The molecule has 0 radical (unpaired) electrons. The van der Waals surface area contributed by atoms with E-state index in [0.717, 1.165) is 77.0 Å². The van der Waals surface area contributed by atoms with E-state index in [1.807, 2.05) is 79.0 Å². The second-order valence-corrected chi connectivity index (χ2v) is 15.5. The average Bonchev–Trinajstić information content (AvgIpc) is 3.26. The van der Waals surface area contributed by atoms with Gasteiger partial charge in [-0.25, -0.2) is 0 Å². The number of esters is 3. The van der Waals surface area contributed by atoms with Crippen LogP contribution in [0.2, 0.25) is 0 Å². The molecule has 0 aromatic carbocycles. The molecule has 0 saturated heterocycles. The van der Waals surface area contributed by atoms with Crippen LogP contribution in [0.5, 0.6) is 0 Å². The van der Waals surface area contributed by atoms with Gasteiger partial charge in [0.15, 0.2) is 6.10 Å². The Morgan fingerprint density at radius 1 is 0.344 bits per heavy atom. The Balaban J connectivity index is 4.56. The second-order valence-electron chi connectivity index (χ2n) is 15.5. The molecule has 6 heteroatoms. The van der Waals surface area contributed by atoms with E-state index in [1.54, 1.807) is 0 Å². The van der Waals surface area contributed by atoms with E-state index in [-0.39, 0.29) is 37.5 Å². The van der Waals surface area contributed by atoms with Crippen molar-refractivity contribution in [3.8, 4) is 0 Å². The molecule has 1 atom stereocenters. The minimum absolute atomic E-state index is 0.118. The molecule has 0 rings (SSSR count). The van der Waals surface area contributed by atoms with E-state index in [1.165, 1.54) is 64.2 Å². The summed E-state index contributed by atoms with van der Waals surface area (Å²) in [4.78, 5) is 37.9. The predicted octanol–water partition coefficient (Wildman–Crippen LogP) is 15.7. The monoisotopic (exact) mass is 843 g/mol. The third-order valence-corrected chi connectivity index (χ3v) is 9.65. The van der Waals surface area contributed by atoms with Crippen molar-refractivity contribution in [3.63, 3.8) is 0 Å². The number of ether oxygens (including phenoxy) is 3. The third kappa shape index (κ3) is 46.7. The van der Waals surface area contributed by atoms with Gasteiger partial charge in [-0.3, -0.25) is 14.4 Å². The zero-order valence-corrected chi connectivity index (χ0v) is 38.9. The Morgan fingerprint density at radius 2 is 0.672 bits per heavy atom. The fourth-order valence-electron chi connectivity index (χ4n) is 6.06. The van der Waals surface area contributed by atoms with Crippen molar-refractivity contribution in [3.05, 3.63) is 122 Å². The molecule has 0 spiro atoms. The minimum atomic E-state index is -0.821. The molecule has 0 fully saturated rings. The summed E-state index contributed by atoms with van der Waals surface area (Å²) in [6, 6.07) is 0. The van der Waals surface area contributed by atoms with Crippen molar-refractivity contribution in [2.45, 2.75) is 194 Å². The van der Waals surface area contributed by atoms with Gasteiger partial charge < -0.3 is 14.2 Å². The Labute approximate surface area is 373 Å². The van der Waals surface area contributed by atoms with E-state index in [9.17, 15) is 14.4 Å². The van der Waals surface area contributed by atoms with Crippen LogP contribution in [0.3, 0.4) is 0 Å². The van der Waals surface area contributed by atoms with Gasteiger partial charge in [-0.05, 0) is 77.0 Å². The number of hydrogen-bond donors (Lipinski definition) is 0. The van der Waals surface area contributed by atoms with Crippen molar-refractivity contribution in [2.24, 2.45) is 0 Å². The SMILES string of the molecule is CC/C=C/C=C/C=C/C=C/C=C/CCCC(=O)OCC(COC(=O)CCCCCCC/C=C/C=C/C=C/C=C/CC)OC(=O)CCCCCCCCC/C=C/CCCCCC. The van der Waals surface area contributed by atoms with Crippen molar-refractivity contribution in [2.75, 3.05) is 13.2 Å². The smallest absolute Gasteiger partial charge is 0.306 e. The largest absolute Gasteiger partial charge is 0.462 e. The molecule has 0 saturated carbocycles. The lowest BCUT2D eigenvalue weighted by molar-refractivity contribution is -0.167. The number of carbonyl (C=O) groups excluding carboxylic acids is 3. The minimum Gasteiger partial charge on any atom is -0.462 e. The maximum atomic E-state index is 12.8. The normalized spacial score (nSPS) is 13.2. The number of carbonyl (C=O) groups is 3. The van der Waals surface area contributed by atoms with Crippen molar-refractivity contribution in [1.29, 1.82) is 0 Å². The van der Waals surface area contributed by atoms with Crippen LogP contribution in [0.25, 0.3) is 0 Å². The van der Waals surface area contributed by atoms with Crippen LogP contribution in [-0.4, -0.2) is 37.2 Å². The van der Waals surface area contributed by atoms with E-state index in [2.05, 4.69) is 63.3 Å². The molecule has 0 aromatic heterocycles. The summed E-state index contributed by atoms with van der Waals surface area (Å²) in [7, 11) is 0. The van der Waals surface area contributed by atoms with Crippen LogP contribution in [0.15, 0.2) is 122 Å². The van der Waals surface area contributed by atoms with Crippen LogP contribution < -0.4 is 0 Å². The Morgan fingerprint density at radius 3 is 1.11 bits per heavy atom. The maximum absolute atomic E-state index is 12.8. The summed E-state index contributed by atoms with van der Waals surface area (Å²) in [6.07, 6.45) is 66.1. The first-order valence-electron chi connectivity index (χ1n) is 24.2. The molecule has 61 heavy (non-hydrogen) atoms. The number of hydrogen-bond acceptors (Lipinski definition) is 6. The fraction of sp³-hybridized carbons (Fsp3) is 0.582. The van der Waals surface area contributed by atoms with Crippen LogP contribution >= 0.6 is 0 Å².